The minimum absolute atomic E-state index is 0.193. The monoisotopic (exact) mass is 955 g/mol. The van der Waals surface area contributed by atoms with Gasteiger partial charge in [0.25, 0.3) is 0 Å². The summed E-state index contributed by atoms with van der Waals surface area (Å²) in [7, 11) is 0. The predicted octanol–water partition coefficient (Wildman–Crippen LogP) is 17.8. The second-order valence-corrected chi connectivity index (χ2v) is 18.2. The van der Waals surface area contributed by atoms with Crippen LogP contribution in [0.1, 0.15) is 110 Å². The van der Waals surface area contributed by atoms with E-state index in [1.54, 1.807) is 42.5 Å². The molecule has 5 nitrogen and oxygen atoms in total. The largest absolute Gasteiger partial charge is 0.478 e. The van der Waals surface area contributed by atoms with E-state index in [0.29, 0.717) is 11.4 Å². The van der Waals surface area contributed by atoms with Crippen molar-refractivity contribution in [3.63, 3.8) is 0 Å². The molecule has 344 valence electrons. The quantitative estimate of drug-likeness (QED) is 0.0928. The summed E-state index contributed by atoms with van der Waals surface area (Å²) in [5.41, 5.74) is 9.71. The van der Waals surface area contributed by atoms with Crippen LogP contribution in [0.4, 0.5) is 47.3 Å². The summed E-state index contributed by atoms with van der Waals surface area (Å²) in [5, 5.41) is 19.1. The number of halogens is 4. The fourth-order valence-corrected chi connectivity index (χ4v) is 8.63. The molecule has 9 heteroatoms. The fraction of sp³-hybridized carbons (Fsp3) is 0.281. The van der Waals surface area contributed by atoms with Crippen LogP contribution < -0.4 is 16.0 Å². The molecule has 0 atom stereocenters. The minimum Gasteiger partial charge on any atom is -0.478 e. The number of hydrogen-bond acceptors (Lipinski definition) is 4. The molecule has 4 N–H and O–H groups in total. The number of nitrogens with one attached hydrogen (secondary N) is 3. The molecular weight excluding hydrogens is 896 g/mol. The number of aryl methyl sites for hydroxylation is 2. The van der Waals surface area contributed by atoms with E-state index < -0.39 is 5.97 Å². The Hall–Kier alpha value is -6.06. The molecule has 0 aromatic heterocycles. The minimum atomic E-state index is -0.993. The molecule has 0 saturated heterocycles. The van der Waals surface area contributed by atoms with Crippen molar-refractivity contribution in [3.05, 3.63) is 189 Å². The summed E-state index contributed by atoms with van der Waals surface area (Å²) in [6.45, 7) is 4.11. The maximum atomic E-state index is 13.1. The van der Waals surface area contributed by atoms with Gasteiger partial charge in [0.05, 0.1) is 11.3 Å². The average Bonchev–Trinajstić information content (AvgIpc) is 3.32. The van der Waals surface area contributed by atoms with Gasteiger partial charge in [0.15, 0.2) is 0 Å². The predicted molar refractivity (Wildman–Crippen MR) is 273 cm³/mol. The van der Waals surface area contributed by atoms with E-state index >= 15 is 0 Å². The third kappa shape index (κ3) is 16.4. The van der Waals surface area contributed by atoms with Crippen LogP contribution in [0.5, 0.6) is 0 Å². The van der Waals surface area contributed by atoms with Gasteiger partial charge in [-0.3, -0.25) is 0 Å². The molecule has 0 unspecified atom stereocenters. The molecule has 2 aliphatic rings. The smallest absolute Gasteiger partial charge is 0.337 e. The Labute approximate surface area is 397 Å². The molecule has 0 amide bonds. The highest BCUT2D eigenvalue weighted by Crippen LogP contribution is 2.30. The molecule has 0 heterocycles. The molecule has 6 aromatic carbocycles. The Bertz CT molecular complexity index is 2510. The summed E-state index contributed by atoms with van der Waals surface area (Å²) in [5.74, 6) is -0.110. The molecule has 0 bridgehead atoms. The van der Waals surface area contributed by atoms with Gasteiger partial charge in [-0.2, -0.15) is 0 Å². The molecule has 0 aliphatic heterocycles. The van der Waals surface area contributed by atoms with Crippen LogP contribution >= 0.6 is 15.9 Å². The number of allylic oxidation sites excluding steroid dienone is 2. The highest BCUT2D eigenvalue weighted by Gasteiger charge is 2.14. The van der Waals surface area contributed by atoms with E-state index in [9.17, 15) is 23.1 Å². The van der Waals surface area contributed by atoms with E-state index in [1.807, 2.05) is 37.3 Å². The zero-order chi connectivity index (χ0) is 46.7. The summed E-state index contributed by atoms with van der Waals surface area (Å²) < 4.78 is 39.8. The van der Waals surface area contributed by atoms with E-state index in [4.69, 9.17) is 0 Å². The highest BCUT2D eigenvalue weighted by molar-refractivity contribution is 9.10. The van der Waals surface area contributed by atoms with E-state index in [-0.39, 0.29) is 23.0 Å². The third-order valence-corrected chi connectivity index (χ3v) is 12.6. The SMILES string of the molecule is Cc1ccc(/C=C/CC2CCCCC2)cc1Nc1ccc(F)cc1.Cc1ccc(Br)cc1Nc1ccc(F)cc1.O=C(O)c1ccc(/C=C/CC2CCCCC2)cc1Nc1ccc(F)cc1. The number of anilines is 6. The molecule has 2 saturated carbocycles. The lowest BCUT2D eigenvalue weighted by atomic mass is 9.87. The lowest BCUT2D eigenvalue weighted by molar-refractivity contribution is 0.0698. The van der Waals surface area contributed by atoms with Crippen LogP contribution in [-0.4, -0.2) is 11.1 Å². The van der Waals surface area contributed by atoms with Gasteiger partial charge in [0.1, 0.15) is 17.5 Å². The van der Waals surface area contributed by atoms with Crippen molar-refractivity contribution in [3.8, 4) is 0 Å². The van der Waals surface area contributed by atoms with Crippen molar-refractivity contribution in [2.45, 2.75) is 90.9 Å². The van der Waals surface area contributed by atoms with Crippen LogP contribution in [0.15, 0.2) is 144 Å². The summed E-state index contributed by atoms with van der Waals surface area (Å²) >= 11 is 3.42. The van der Waals surface area contributed by atoms with Gasteiger partial charge in [0, 0.05) is 32.9 Å². The van der Waals surface area contributed by atoms with Gasteiger partial charge in [-0.15, -0.1) is 0 Å². The standard InChI is InChI=1S/C22H24FNO2.C22H26FN.C13H11BrFN/c23-18-10-12-19(13-11-18)24-21-15-17(9-14-20(21)22(25)26)8-4-7-16-5-2-1-3-6-16;1-17-10-11-19(9-5-8-18-6-3-2-4-7-18)16-22(17)24-21-14-12-20(23)13-15-21;1-9-2-3-10(14)8-13(9)16-12-6-4-11(15)5-7-12/h4,8-16,24H,1-3,5-7H2,(H,25,26);5,9-16,18,24H,2-4,6-8H2,1H3;2-8,16H,1H3/b8-4+;9-5+;. The first kappa shape index (κ1) is 49.4. The number of aromatic carboxylic acids is 1. The molecule has 8 rings (SSSR count). The van der Waals surface area contributed by atoms with Crippen LogP contribution in [-0.2, 0) is 0 Å². The zero-order valence-corrected chi connectivity index (χ0v) is 39.5. The van der Waals surface area contributed by atoms with Gasteiger partial charge in [-0.1, -0.05) is 129 Å². The number of carboxylic acid groups (broad SMARTS) is 1. The van der Waals surface area contributed by atoms with Crippen LogP contribution in [0.3, 0.4) is 0 Å². The number of hydrogen-bond donors (Lipinski definition) is 4. The Morgan fingerprint density at radius 3 is 1.35 bits per heavy atom. The Balaban J connectivity index is 0.000000168. The maximum Gasteiger partial charge on any atom is 0.337 e. The van der Waals surface area contributed by atoms with Crippen molar-refractivity contribution in [2.75, 3.05) is 16.0 Å². The lowest BCUT2D eigenvalue weighted by Crippen LogP contribution is -2.04. The molecule has 0 spiro atoms. The summed E-state index contributed by atoms with van der Waals surface area (Å²) in [4.78, 5) is 11.5. The first-order chi connectivity index (χ1) is 32.0. The Morgan fingerprint density at radius 2 is 0.909 bits per heavy atom. The van der Waals surface area contributed by atoms with Crippen molar-refractivity contribution in [1.82, 2.24) is 0 Å². The molecule has 0 radical (unpaired) electrons. The molecular formula is C57H61BrF3N3O2. The second-order valence-electron chi connectivity index (χ2n) is 17.3. The maximum absolute atomic E-state index is 13.1. The van der Waals surface area contributed by atoms with Crippen molar-refractivity contribution in [2.24, 2.45) is 11.8 Å². The summed E-state index contributed by atoms with van der Waals surface area (Å²) in [6.07, 6.45) is 24.7. The van der Waals surface area contributed by atoms with Crippen LogP contribution in [0.2, 0.25) is 0 Å². The Kier molecular flexibility index (Phi) is 19.1. The van der Waals surface area contributed by atoms with Gasteiger partial charge in [-0.25, -0.2) is 18.0 Å². The topological polar surface area (TPSA) is 73.4 Å². The van der Waals surface area contributed by atoms with Gasteiger partial charge < -0.3 is 21.1 Å². The molecule has 2 fully saturated rings. The number of benzene rings is 6. The van der Waals surface area contributed by atoms with E-state index in [1.165, 1.54) is 118 Å². The Morgan fingerprint density at radius 1 is 0.530 bits per heavy atom. The van der Waals surface area contributed by atoms with Gasteiger partial charge in [0.2, 0.25) is 0 Å². The average molecular weight is 957 g/mol. The summed E-state index contributed by atoms with van der Waals surface area (Å²) in [6, 6.07) is 36.4. The van der Waals surface area contributed by atoms with Crippen LogP contribution in [0, 0.1) is 43.1 Å². The molecule has 6 aromatic rings. The van der Waals surface area contributed by atoms with Crippen LogP contribution in [0.25, 0.3) is 12.2 Å². The van der Waals surface area contributed by atoms with Crippen molar-refractivity contribution >= 4 is 68.2 Å². The fourth-order valence-electron chi connectivity index (χ4n) is 8.27. The first-order valence-corrected chi connectivity index (χ1v) is 23.9. The van der Waals surface area contributed by atoms with E-state index in [0.717, 1.165) is 56.6 Å². The first-order valence-electron chi connectivity index (χ1n) is 23.1. The van der Waals surface area contributed by atoms with Gasteiger partial charge >= 0.3 is 5.97 Å². The third-order valence-electron chi connectivity index (χ3n) is 12.1. The van der Waals surface area contributed by atoms with Crippen molar-refractivity contribution in [1.29, 1.82) is 0 Å². The molecule has 2 aliphatic carbocycles. The highest BCUT2D eigenvalue weighted by atomic mass is 79.9. The van der Waals surface area contributed by atoms with Crippen molar-refractivity contribution < 1.29 is 23.1 Å². The number of rotatable bonds is 13. The lowest BCUT2D eigenvalue weighted by Gasteiger charge is -2.19. The van der Waals surface area contributed by atoms with Gasteiger partial charge in [-0.05, 0) is 164 Å². The number of carbonyl (C=O) groups is 1. The molecule has 66 heavy (non-hydrogen) atoms. The normalized spacial score (nSPS) is 14.2. The number of carboxylic acids is 1. The second kappa shape index (κ2) is 25.6. The van der Waals surface area contributed by atoms with E-state index in [2.05, 4.69) is 81.3 Å². The zero-order valence-electron chi connectivity index (χ0n) is 37.9.